The highest BCUT2D eigenvalue weighted by molar-refractivity contribution is 6.30. The summed E-state index contributed by atoms with van der Waals surface area (Å²) in [5.74, 6) is -0.166. The van der Waals surface area contributed by atoms with Crippen LogP contribution in [0.1, 0.15) is 38.3 Å². The van der Waals surface area contributed by atoms with Crippen LogP contribution in [0.15, 0.2) is 29.2 Å². The van der Waals surface area contributed by atoms with Crippen LogP contribution in [-0.4, -0.2) is 39.4 Å². The summed E-state index contributed by atoms with van der Waals surface area (Å²) in [6.07, 6.45) is 5.10. The number of hydrogen-bond donors (Lipinski definition) is 0. The number of esters is 1. The van der Waals surface area contributed by atoms with E-state index in [2.05, 4.69) is 9.88 Å². The van der Waals surface area contributed by atoms with E-state index in [0.29, 0.717) is 35.9 Å². The van der Waals surface area contributed by atoms with Crippen molar-refractivity contribution >= 4 is 23.2 Å². The molecule has 0 radical (unpaired) electrons. The Balaban J connectivity index is 1.79. The van der Waals surface area contributed by atoms with Gasteiger partial charge in [-0.15, -0.1) is 0 Å². The van der Waals surface area contributed by atoms with Crippen molar-refractivity contribution in [2.24, 2.45) is 0 Å². The molecule has 0 unspecified atom stereocenters. The first-order valence-corrected chi connectivity index (χ1v) is 9.02. The van der Waals surface area contributed by atoms with Gasteiger partial charge in [-0.05, 0) is 38.4 Å². The van der Waals surface area contributed by atoms with Crippen LogP contribution >= 0.6 is 11.6 Å². The second kappa shape index (κ2) is 7.97. The van der Waals surface area contributed by atoms with Gasteiger partial charge in [-0.1, -0.05) is 18.0 Å². The third-order valence-electron chi connectivity index (χ3n) is 4.50. The van der Waals surface area contributed by atoms with Gasteiger partial charge in [-0.25, -0.2) is 4.98 Å². The molecule has 2 aromatic heterocycles. The molecule has 1 atom stereocenters. The molecule has 0 spiro atoms. The molecule has 25 heavy (non-hydrogen) atoms. The van der Waals surface area contributed by atoms with Gasteiger partial charge in [0.2, 0.25) is 0 Å². The van der Waals surface area contributed by atoms with Crippen LogP contribution in [0.25, 0.3) is 5.65 Å². The second-order valence-electron chi connectivity index (χ2n) is 6.29. The average molecular weight is 364 g/mol. The highest BCUT2D eigenvalue weighted by atomic mass is 35.5. The lowest BCUT2D eigenvalue weighted by Gasteiger charge is -2.34. The van der Waals surface area contributed by atoms with E-state index in [-0.39, 0.29) is 17.6 Å². The van der Waals surface area contributed by atoms with E-state index in [1.165, 1.54) is 4.40 Å². The summed E-state index contributed by atoms with van der Waals surface area (Å²) in [7, 11) is 0. The van der Waals surface area contributed by atoms with Crippen LogP contribution in [0.3, 0.4) is 0 Å². The maximum absolute atomic E-state index is 12.3. The third-order valence-corrected chi connectivity index (χ3v) is 4.72. The van der Waals surface area contributed by atoms with Crippen LogP contribution in [0.5, 0.6) is 0 Å². The van der Waals surface area contributed by atoms with Gasteiger partial charge in [0.15, 0.2) is 0 Å². The fourth-order valence-corrected chi connectivity index (χ4v) is 3.49. The molecule has 0 N–H and O–H groups in total. The predicted molar refractivity (Wildman–Crippen MR) is 95.8 cm³/mol. The van der Waals surface area contributed by atoms with Gasteiger partial charge in [-0.3, -0.25) is 18.9 Å². The lowest BCUT2D eigenvalue weighted by molar-refractivity contribution is -0.145. The minimum atomic E-state index is -0.166. The zero-order valence-corrected chi connectivity index (χ0v) is 15.0. The monoisotopic (exact) mass is 363 g/mol. The van der Waals surface area contributed by atoms with E-state index in [0.717, 1.165) is 25.8 Å². The molecular weight excluding hydrogens is 342 g/mol. The summed E-state index contributed by atoms with van der Waals surface area (Å²) >= 11 is 5.94. The van der Waals surface area contributed by atoms with Crippen molar-refractivity contribution in [1.29, 1.82) is 0 Å². The van der Waals surface area contributed by atoms with E-state index in [4.69, 9.17) is 16.3 Å². The molecule has 3 rings (SSSR count). The standard InChI is InChI=1S/C18H22ClN3O3/c1-2-25-18(24)10-15-5-3-4-8-21(15)12-14-9-17(23)22-11-13(19)6-7-16(22)20-14/h6-7,9,11,15H,2-5,8,10,12H2,1H3/t15-/m0/s1. The third kappa shape index (κ3) is 4.38. The van der Waals surface area contributed by atoms with Gasteiger partial charge in [0.05, 0.1) is 23.7 Å². The topological polar surface area (TPSA) is 63.9 Å². The number of fused-ring (bicyclic) bond motifs is 1. The minimum Gasteiger partial charge on any atom is -0.466 e. The molecule has 0 saturated carbocycles. The smallest absolute Gasteiger partial charge is 0.307 e. The fourth-order valence-electron chi connectivity index (χ4n) is 3.33. The number of halogens is 1. The van der Waals surface area contributed by atoms with Crippen molar-refractivity contribution in [2.45, 2.75) is 45.2 Å². The number of carbonyl (C=O) groups excluding carboxylic acids is 1. The maximum atomic E-state index is 12.3. The van der Waals surface area contributed by atoms with Gasteiger partial charge in [0.25, 0.3) is 5.56 Å². The highest BCUT2D eigenvalue weighted by Gasteiger charge is 2.25. The van der Waals surface area contributed by atoms with Crippen molar-refractivity contribution in [3.05, 3.63) is 45.5 Å². The summed E-state index contributed by atoms with van der Waals surface area (Å²) in [5.41, 5.74) is 1.13. The van der Waals surface area contributed by atoms with Crippen LogP contribution in [0.2, 0.25) is 5.02 Å². The summed E-state index contributed by atoms with van der Waals surface area (Å²) in [6.45, 7) is 3.66. The van der Waals surface area contributed by atoms with E-state index >= 15 is 0 Å². The molecule has 0 aliphatic carbocycles. The Bertz CT molecular complexity index is 821. The number of aromatic nitrogens is 2. The van der Waals surface area contributed by atoms with Crippen molar-refractivity contribution in [3.63, 3.8) is 0 Å². The van der Waals surface area contributed by atoms with Crippen LogP contribution in [0.4, 0.5) is 0 Å². The molecule has 6 nitrogen and oxygen atoms in total. The predicted octanol–water partition coefficient (Wildman–Crippen LogP) is 2.66. The lowest BCUT2D eigenvalue weighted by atomic mass is 9.99. The lowest BCUT2D eigenvalue weighted by Crippen LogP contribution is -2.41. The number of ether oxygens (including phenoxy) is 1. The molecular formula is C18H22ClN3O3. The van der Waals surface area contributed by atoms with Gasteiger partial charge >= 0.3 is 5.97 Å². The number of carbonyl (C=O) groups is 1. The molecule has 1 fully saturated rings. The summed E-state index contributed by atoms with van der Waals surface area (Å²) in [5, 5.41) is 0.495. The summed E-state index contributed by atoms with van der Waals surface area (Å²) < 4.78 is 6.53. The van der Waals surface area contributed by atoms with E-state index in [9.17, 15) is 9.59 Å². The number of hydrogen-bond acceptors (Lipinski definition) is 5. The van der Waals surface area contributed by atoms with Gasteiger partial charge in [-0.2, -0.15) is 0 Å². The SMILES string of the molecule is CCOC(=O)C[C@@H]1CCCCN1Cc1cc(=O)n2cc(Cl)ccc2n1. The molecule has 7 heteroatoms. The Morgan fingerprint density at radius 3 is 3.04 bits per heavy atom. The number of nitrogens with zero attached hydrogens (tertiary/aromatic N) is 3. The van der Waals surface area contributed by atoms with E-state index < -0.39 is 0 Å². The second-order valence-corrected chi connectivity index (χ2v) is 6.73. The maximum Gasteiger partial charge on any atom is 0.307 e. The Kier molecular flexibility index (Phi) is 5.71. The molecule has 1 aliphatic rings. The van der Waals surface area contributed by atoms with E-state index in [1.807, 2.05) is 6.92 Å². The van der Waals surface area contributed by atoms with Gasteiger partial charge < -0.3 is 4.74 Å². The summed E-state index contributed by atoms with van der Waals surface area (Å²) in [6, 6.07) is 5.13. The molecule has 0 aromatic carbocycles. The summed E-state index contributed by atoms with van der Waals surface area (Å²) in [4.78, 5) is 30.9. The Morgan fingerprint density at radius 2 is 2.24 bits per heavy atom. The molecule has 1 saturated heterocycles. The molecule has 2 aromatic rings. The molecule has 3 heterocycles. The van der Waals surface area contributed by atoms with Crippen LogP contribution < -0.4 is 5.56 Å². The number of pyridine rings is 1. The van der Waals surface area contributed by atoms with Crippen LogP contribution in [-0.2, 0) is 16.1 Å². The quantitative estimate of drug-likeness (QED) is 0.764. The van der Waals surface area contributed by atoms with Crippen molar-refractivity contribution in [2.75, 3.05) is 13.2 Å². The van der Waals surface area contributed by atoms with Crippen molar-refractivity contribution in [1.82, 2.24) is 14.3 Å². The first-order valence-electron chi connectivity index (χ1n) is 8.64. The van der Waals surface area contributed by atoms with Gasteiger partial charge in [0, 0.05) is 24.8 Å². The molecule has 0 bridgehead atoms. The van der Waals surface area contributed by atoms with E-state index in [1.54, 1.807) is 24.4 Å². The first-order chi connectivity index (χ1) is 12.1. The Hall–Kier alpha value is -1.92. The molecule has 134 valence electrons. The van der Waals surface area contributed by atoms with Crippen molar-refractivity contribution in [3.8, 4) is 0 Å². The van der Waals surface area contributed by atoms with Crippen LogP contribution in [0, 0.1) is 0 Å². The number of rotatable bonds is 5. The first kappa shape index (κ1) is 17.9. The minimum absolute atomic E-state index is 0.137. The normalized spacial score (nSPS) is 18.4. The molecule has 0 amide bonds. The largest absolute Gasteiger partial charge is 0.466 e. The Morgan fingerprint density at radius 1 is 1.40 bits per heavy atom. The number of likely N-dealkylation sites (tertiary alicyclic amines) is 1. The average Bonchev–Trinajstić information content (AvgIpc) is 2.58. The fraction of sp³-hybridized carbons (Fsp3) is 0.500. The number of piperidine rings is 1. The van der Waals surface area contributed by atoms with Gasteiger partial charge in [0.1, 0.15) is 5.65 Å². The molecule has 1 aliphatic heterocycles. The zero-order valence-electron chi connectivity index (χ0n) is 14.3. The van der Waals surface area contributed by atoms with Crippen molar-refractivity contribution < 1.29 is 9.53 Å². The zero-order chi connectivity index (χ0) is 17.8. The Labute approximate surface area is 151 Å². The highest BCUT2D eigenvalue weighted by Crippen LogP contribution is 2.22.